The molecule has 4 unspecified atom stereocenters. The molecule has 1 aliphatic rings. The standard InChI is InChI=1S/C50H83N3O17P2/c1-3-5-7-9-11-13-15-17-18-19-21-23-25-27-29-33-45(56)65-37-40(68-46(57)34-30-32-42(55)41(54)31-28-26-24-22-20-16-14-12-10-8-6-4-2)38-66-71(61,62)70-72(63,64)67-39-43-47(58)48(59)49(69-43)53-36-35-44(51)52-50(53)60/h12-15,17-18,20,22,26,28,35-36,40-43,47-49,54-55,58-59H,3-11,16,19,21,23-25,27,29-34,37-39H2,1-2H3,(H,61,62)(H,63,64)(H2,51,52,60)/b14-12-,15-13-,18-17-,22-20-,28-26-/t40-,41?,42?,43-,47-,48-,49-/m1/s1. The van der Waals surface area contributed by atoms with Gasteiger partial charge in [-0.25, -0.2) is 13.9 Å². The van der Waals surface area contributed by atoms with Crippen LogP contribution in [0.25, 0.3) is 0 Å². The molecule has 0 amide bonds. The highest BCUT2D eigenvalue weighted by Crippen LogP contribution is 2.60. The van der Waals surface area contributed by atoms with Gasteiger partial charge in [-0.15, -0.1) is 0 Å². The molecule has 22 heteroatoms. The van der Waals surface area contributed by atoms with Crippen molar-refractivity contribution in [2.75, 3.05) is 25.6 Å². The number of aliphatic hydroxyl groups excluding tert-OH is 4. The van der Waals surface area contributed by atoms with Gasteiger partial charge >= 0.3 is 33.3 Å². The summed E-state index contributed by atoms with van der Waals surface area (Å²) >= 11 is 0. The number of nitrogens with zero attached hydrogens (tertiary/aromatic N) is 2. The zero-order valence-electron chi connectivity index (χ0n) is 42.2. The van der Waals surface area contributed by atoms with Crippen molar-refractivity contribution in [3.8, 4) is 0 Å². The van der Waals surface area contributed by atoms with Crippen molar-refractivity contribution in [1.82, 2.24) is 9.55 Å². The number of hydrogen-bond acceptors (Lipinski definition) is 17. The topological polar surface area (TPSA) is 306 Å². The summed E-state index contributed by atoms with van der Waals surface area (Å²) in [4.78, 5) is 61.9. The van der Waals surface area contributed by atoms with Gasteiger partial charge in [-0.1, -0.05) is 126 Å². The number of aromatic nitrogens is 2. The van der Waals surface area contributed by atoms with E-state index in [9.17, 15) is 53.7 Å². The van der Waals surface area contributed by atoms with E-state index >= 15 is 0 Å². The van der Waals surface area contributed by atoms with Gasteiger partial charge in [-0.2, -0.15) is 9.29 Å². The summed E-state index contributed by atoms with van der Waals surface area (Å²) in [6.07, 6.45) is 28.8. The largest absolute Gasteiger partial charge is 0.481 e. The van der Waals surface area contributed by atoms with Gasteiger partial charge in [0.1, 0.15) is 30.7 Å². The van der Waals surface area contributed by atoms with Crippen molar-refractivity contribution in [1.29, 1.82) is 0 Å². The SMILES string of the molecule is CCCCC/C=C\C/C=C\C/C=C\CC(O)C(O)CCCC(=O)O[C@H](COC(=O)CCCCCCC/C=C\C=C/CCCCCC)COP(=O)(O)OP(=O)(O)OC[C@H]1O[C@@H](n2ccc(N)nc2=O)[C@H](O)[C@@H]1O. The molecule has 1 fully saturated rings. The Hall–Kier alpha value is -3.62. The van der Waals surface area contributed by atoms with Gasteiger partial charge in [0, 0.05) is 19.0 Å². The number of nitrogen functional groups attached to an aromatic ring is 1. The maximum atomic E-state index is 12.9. The molecule has 1 aliphatic heterocycles. The lowest BCUT2D eigenvalue weighted by Crippen LogP contribution is -2.36. The summed E-state index contributed by atoms with van der Waals surface area (Å²) in [5.41, 5.74) is 4.56. The van der Waals surface area contributed by atoms with E-state index < -0.39 is 95.9 Å². The minimum atomic E-state index is -5.50. The first-order valence-electron chi connectivity index (χ1n) is 25.5. The van der Waals surface area contributed by atoms with Gasteiger partial charge in [0.25, 0.3) is 0 Å². The van der Waals surface area contributed by atoms with E-state index in [1.807, 2.05) is 12.2 Å². The van der Waals surface area contributed by atoms with Crippen molar-refractivity contribution in [2.24, 2.45) is 0 Å². The van der Waals surface area contributed by atoms with Crippen molar-refractivity contribution in [2.45, 2.75) is 198 Å². The van der Waals surface area contributed by atoms with Crippen molar-refractivity contribution < 1.29 is 76.5 Å². The average Bonchev–Trinajstić information content (AvgIpc) is 3.61. The number of hydrogen-bond donors (Lipinski definition) is 7. The van der Waals surface area contributed by atoms with Crippen molar-refractivity contribution >= 4 is 33.4 Å². The first kappa shape index (κ1) is 64.5. The molecule has 0 aromatic carbocycles. The minimum absolute atomic E-state index is 0.0309. The van der Waals surface area contributed by atoms with E-state index in [-0.39, 0.29) is 37.9 Å². The summed E-state index contributed by atoms with van der Waals surface area (Å²) in [6, 6.07) is 1.23. The lowest BCUT2D eigenvalue weighted by atomic mass is 10.0. The normalized spacial score (nSPS) is 20.4. The van der Waals surface area contributed by atoms with E-state index in [0.717, 1.165) is 62.1 Å². The monoisotopic (exact) mass is 1060 g/mol. The number of aliphatic hydroxyl groups is 4. The number of anilines is 1. The summed E-state index contributed by atoms with van der Waals surface area (Å²) in [5.74, 6) is -1.62. The van der Waals surface area contributed by atoms with Crippen molar-refractivity contribution in [3.05, 3.63) is 83.5 Å². The number of allylic oxidation sites excluding steroid dienone is 9. The van der Waals surface area contributed by atoms with Crippen LogP contribution in [0.5, 0.6) is 0 Å². The third kappa shape index (κ3) is 29.9. The van der Waals surface area contributed by atoms with Crippen LogP contribution < -0.4 is 11.4 Å². The Morgan fingerprint density at radius 3 is 1.99 bits per heavy atom. The second-order valence-corrected chi connectivity index (χ2v) is 20.7. The second kappa shape index (κ2) is 38.0. The molecule has 0 bridgehead atoms. The number of nitrogens with two attached hydrogens (primary N) is 1. The smallest absolute Gasteiger partial charge is 0.462 e. The van der Waals surface area contributed by atoms with Gasteiger partial charge < -0.3 is 50.2 Å². The molecule has 0 aliphatic carbocycles. The number of unbranched alkanes of at least 4 members (excludes halogenated alkanes) is 12. The van der Waals surface area contributed by atoms with Crippen LogP contribution in [0.4, 0.5) is 5.82 Å². The molecular weight excluding hydrogens is 977 g/mol. The molecule has 1 saturated heterocycles. The zero-order valence-corrected chi connectivity index (χ0v) is 44.0. The van der Waals surface area contributed by atoms with Crippen LogP contribution in [0, 0.1) is 0 Å². The number of carbonyl (C=O) groups excluding carboxylic acids is 2. The first-order chi connectivity index (χ1) is 34.5. The lowest BCUT2D eigenvalue weighted by molar-refractivity contribution is -0.161. The highest BCUT2D eigenvalue weighted by molar-refractivity contribution is 7.61. The molecule has 0 saturated carbocycles. The summed E-state index contributed by atoms with van der Waals surface area (Å²) < 4.78 is 56.5. The second-order valence-electron chi connectivity index (χ2n) is 17.6. The third-order valence-electron chi connectivity index (χ3n) is 11.3. The van der Waals surface area contributed by atoms with Gasteiger partial charge in [0.05, 0.1) is 25.4 Å². The number of rotatable bonds is 41. The molecule has 1 aromatic rings. The molecule has 1 aromatic heterocycles. The number of phosphoric acid groups is 2. The van der Waals surface area contributed by atoms with E-state index in [1.165, 1.54) is 51.0 Å². The number of esters is 2. The summed E-state index contributed by atoms with van der Waals surface area (Å²) in [6.45, 7) is 1.80. The maximum absolute atomic E-state index is 12.9. The van der Waals surface area contributed by atoms with E-state index in [4.69, 9.17) is 29.0 Å². The highest BCUT2D eigenvalue weighted by atomic mass is 31.3. The van der Waals surface area contributed by atoms with Crippen LogP contribution in [0.3, 0.4) is 0 Å². The summed E-state index contributed by atoms with van der Waals surface area (Å²) in [5, 5.41) is 41.8. The predicted octanol–water partition coefficient (Wildman–Crippen LogP) is 8.28. The quantitative estimate of drug-likeness (QED) is 0.0107. The fourth-order valence-electron chi connectivity index (χ4n) is 7.17. The van der Waals surface area contributed by atoms with Gasteiger partial charge in [0.15, 0.2) is 12.3 Å². The minimum Gasteiger partial charge on any atom is -0.462 e. The Labute approximate surface area is 425 Å². The predicted molar refractivity (Wildman–Crippen MR) is 273 cm³/mol. The molecule has 9 atom stereocenters. The Morgan fingerprint density at radius 1 is 0.736 bits per heavy atom. The van der Waals surface area contributed by atoms with E-state index in [0.29, 0.717) is 12.8 Å². The van der Waals surface area contributed by atoms with Crippen molar-refractivity contribution in [3.63, 3.8) is 0 Å². The fourth-order valence-corrected chi connectivity index (χ4v) is 9.28. The van der Waals surface area contributed by atoms with Gasteiger partial charge in [-0.05, 0) is 83.1 Å². The highest BCUT2D eigenvalue weighted by Gasteiger charge is 2.46. The molecular formula is C50H83N3O17P2. The maximum Gasteiger partial charge on any atom is 0.481 e. The Bertz CT molecular complexity index is 1980. The molecule has 0 spiro atoms. The van der Waals surface area contributed by atoms with Crippen LogP contribution in [0.15, 0.2) is 77.8 Å². The number of ether oxygens (including phenoxy) is 3. The van der Waals surface area contributed by atoms with Crippen LogP contribution in [-0.4, -0.2) is 108 Å². The molecule has 20 nitrogen and oxygen atoms in total. The molecule has 2 heterocycles. The molecule has 410 valence electrons. The number of carbonyl (C=O) groups is 2. The van der Waals surface area contributed by atoms with E-state index in [2.05, 4.69) is 65.7 Å². The lowest BCUT2D eigenvalue weighted by Gasteiger charge is -2.22. The molecule has 0 radical (unpaired) electrons. The van der Waals surface area contributed by atoms with Crippen LogP contribution in [-0.2, 0) is 46.3 Å². The fraction of sp³-hybridized carbons (Fsp3) is 0.680. The first-order valence-corrected chi connectivity index (χ1v) is 28.5. The van der Waals surface area contributed by atoms with Gasteiger partial charge in [0.2, 0.25) is 0 Å². The Balaban J connectivity index is 1.88. The van der Waals surface area contributed by atoms with Gasteiger partial charge in [-0.3, -0.25) is 23.2 Å². The molecule has 8 N–H and O–H groups in total. The summed E-state index contributed by atoms with van der Waals surface area (Å²) in [7, 11) is -11.0. The molecule has 72 heavy (non-hydrogen) atoms. The number of phosphoric ester groups is 2. The van der Waals surface area contributed by atoms with Crippen LogP contribution >= 0.6 is 15.6 Å². The third-order valence-corrected chi connectivity index (χ3v) is 13.9. The Morgan fingerprint density at radius 2 is 1.31 bits per heavy atom. The molecule has 2 rings (SSSR count). The van der Waals surface area contributed by atoms with Crippen LogP contribution in [0.2, 0.25) is 0 Å². The zero-order chi connectivity index (χ0) is 53.0. The van der Waals surface area contributed by atoms with E-state index in [1.54, 1.807) is 6.08 Å². The average molecular weight is 1060 g/mol. The van der Waals surface area contributed by atoms with Crippen LogP contribution in [0.1, 0.15) is 161 Å². The Kier molecular flexibility index (Phi) is 34.0.